The highest BCUT2D eigenvalue weighted by atomic mass is 35.5. The summed E-state index contributed by atoms with van der Waals surface area (Å²) in [6.07, 6.45) is 0. The van der Waals surface area contributed by atoms with E-state index >= 15 is 0 Å². The summed E-state index contributed by atoms with van der Waals surface area (Å²) in [5.41, 5.74) is -0.661. The molecule has 1 aromatic carbocycles. The lowest BCUT2D eigenvalue weighted by atomic mass is 10.2. The van der Waals surface area contributed by atoms with Crippen molar-refractivity contribution in [2.45, 2.75) is 30.4 Å². The van der Waals surface area contributed by atoms with E-state index in [2.05, 4.69) is 6.58 Å². The molecule has 0 atom stereocenters. The first kappa shape index (κ1) is 16.5. The van der Waals surface area contributed by atoms with E-state index < -0.39 is 40.9 Å². The minimum Gasteiger partial charge on any atom is -0.508 e. The summed E-state index contributed by atoms with van der Waals surface area (Å²) in [5, 5.41) is 19.8. The molecule has 110 valence electrons. The summed E-state index contributed by atoms with van der Waals surface area (Å²) in [6.45, 7) is 7.58. The van der Waals surface area contributed by atoms with Gasteiger partial charge >= 0.3 is 0 Å². The maximum Gasteiger partial charge on any atom is 0.289 e. The first-order chi connectivity index (χ1) is 8.89. The van der Waals surface area contributed by atoms with E-state index in [1.807, 2.05) is 0 Å². The van der Waals surface area contributed by atoms with E-state index in [1.54, 1.807) is 0 Å². The minimum atomic E-state index is -3.91. The van der Waals surface area contributed by atoms with Crippen molar-refractivity contribution < 1.29 is 18.4 Å². The number of nitro benzene ring substituents is 1. The minimum absolute atomic E-state index is 0.0658. The second kappa shape index (κ2) is 5.06. The Morgan fingerprint density at radius 1 is 1.40 bits per heavy atom. The van der Waals surface area contributed by atoms with Crippen LogP contribution in [0.1, 0.15) is 26.3 Å². The van der Waals surface area contributed by atoms with E-state index in [-0.39, 0.29) is 5.56 Å². The van der Waals surface area contributed by atoms with E-state index in [4.69, 9.17) is 11.6 Å². The molecule has 0 saturated heterocycles. The van der Waals surface area contributed by atoms with Crippen LogP contribution in [0.3, 0.4) is 0 Å². The van der Waals surface area contributed by atoms with Crippen LogP contribution in [0.2, 0.25) is 5.02 Å². The SMILES string of the molecule is C=C(O)c1cc([N+](=O)[O-])c(Cl)c(S(=O)(=O)C(C)(C)C)c1. The number of benzene rings is 1. The molecule has 0 aliphatic rings. The number of nitrogens with zero attached hydrogens (tertiary/aromatic N) is 1. The van der Waals surface area contributed by atoms with Crippen LogP contribution in [0.25, 0.3) is 5.76 Å². The van der Waals surface area contributed by atoms with Crippen molar-refractivity contribution in [2.75, 3.05) is 0 Å². The molecule has 0 spiro atoms. The van der Waals surface area contributed by atoms with Gasteiger partial charge in [0.25, 0.3) is 5.69 Å². The van der Waals surface area contributed by atoms with Gasteiger partial charge < -0.3 is 5.11 Å². The molecule has 0 fully saturated rings. The average molecular weight is 320 g/mol. The Bertz CT molecular complexity index is 689. The quantitative estimate of drug-likeness (QED) is 0.523. The number of hydrogen-bond acceptors (Lipinski definition) is 5. The average Bonchev–Trinajstić information content (AvgIpc) is 2.26. The fourth-order valence-electron chi connectivity index (χ4n) is 1.41. The van der Waals surface area contributed by atoms with Gasteiger partial charge in [0.1, 0.15) is 10.8 Å². The van der Waals surface area contributed by atoms with Crippen LogP contribution in [0.5, 0.6) is 0 Å². The van der Waals surface area contributed by atoms with Crippen molar-refractivity contribution in [3.8, 4) is 0 Å². The topological polar surface area (TPSA) is 97.5 Å². The molecular formula is C12H14ClNO5S. The molecule has 20 heavy (non-hydrogen) atoms. The highest BCUT2D eigenvalue weighted by molar-refractivity contribution is 7.92. The van der Waals surface area contributed by atoms with Gasteiger partial charge in [-0.3, -0.25) is 10.1 Å². The highest BCUT2D eigenvalue weighted by Gasteiger charge is 2.35. The molecule has 1 rings (SSSR count). The van der Waals surface area contributed by atoms with Crippen LogP contribution in [0.15, 0.2) is 23.6 Å². The Morgan fingerprint density at radius 2 is 1.90 bits per heavy atom. The van der Waals surface area contributed by atoms with Crippen molar-refractivity contribution in [3.63, 3.8) is 0 Å². The highest BCUT2D eigenvalue weighted by Crippen LogP contribution is 2.38. The standard InChI is InChI=1S/C12H14ClNO5S/c1-7(15)8-5-9(14(16)17)11(13)10(6-8)20(18,19)12(2,3)4/h5-6,15H,1H2,2-4H3. The van der Waals surface area contributed by atoms with Gasteiger partial charge in [-0.15, -0.1) is 0 Å². The molecular weight excluding hydrogens is 306 g/mol. The van der Waals surface area contributed by atoms with Gasteiger partial charge in [-0.1, -0.05) is 18.2 Å². The van der Waals surface area contributed by atoms with Crippen molar-refractivity contribution in [3.05, 3.63) is 39.4 Å². The molecule has 0 amide bonds. The van der Waals surface area contributed by atoms with Gasteiger partial charge in [-0.25, -0.2) is 8.42 Å². The van der Waals surface area contributed by atoms with E-state index in [1.165, 1.54) is 20.8 Å². The van der Waals surface area contributed by atoms with Gasteiger partial charge in [-0.05, 0) is 26.8 Å². The zero-order valence-corrected chi connectivity index (χ0v) is 12.7. The van der Waals surface area contributed by atoms with Crippen molar-refractivity contribution in [1.29, 1.82) is 0 Å². The summed E-state index contributed by atoms with van der Waals surface area (Å²) < 4.78 is 23.6. The Hall–Kier alpha value is -1.60. The first-order valence-electron chi connectivity index (χ1n) is 5.50. The Kier molecular flexibility index (Phi) is 4.17. The van der Waals surface area contributed by atoms with E-state index in [0.29, 0.717) is 0 Å². The molecule has 0 radical (unpaired) electrons. The summed E-state index contributed by atoms with van der Waals surface area (Å²) in [5.74, 6) is -0.477. The number of hydrogen-bond donors (Lipinski definition) is 1. The number of halogens is 1. The first-order valence-corrected chi connectivity index (χ1v) is 7.36. The molecule has 8 heteroatoms. The molecule has 0 aliphatic carbocycles. The maximum atomic E-state index is 12.4. The number of aliphatic hydroxyl groups excluding tert-OH is 1. The fraction of sp³-hybridized carbons (Fsp3) is 0.333. The molecule has 0 bridgehead atoms. The molecule has 0 aromatic heterocycles. The van der Waals surface area contributed by atoms with Crippen molar-refractivity contribution in [2.24, 2.45) is 0 Å². The van der Waals surface area contributed by atoms with Crippen LogP contribution >= 0.6 is 11.6 Å². The zero-order valence-electron chi connectivity index (χ0n) is 11.2. The summed E-state index contributed by atoms with van der Waals surface area (Å²) in [7, 11) is -3.91. The van der Waals surface area contributed by atoms with Crippen LogP contribution in [-0.4, -0.2) is 23.2 Å². The molecule has 0 unspecified atom stereocenters. The fourth-order valence-corrected chi connectivity index (χ4v) is 3.17. The van der Waals surface area contributed by atoms with Gasteiger partial charge in [-0.2, -0.15) is 0 Å². The summed E-state index contributed by atoms with van der Waals surface area (Å²) >= 11 is 5.84. The maximum absolute atomic E-state index is 12.4. The van der Waals surface area contributed by atoms with E-state index in [0.717, 1.165) is 12.1 Å². The summed E-state index contributed by atoms with van der Waals surface area (Å²) in [6, 6.07) is 2.06. The number of rotatable bonds is 3. The predicted molar refractivity (Wildman–Crippen MR) is 76.7 cm³/mol. The van der Waals surface area contributed by atoms with Crippen LogP contribution < -0.4 is 0 Å². The van der Waals surface area contributed by atoms with E-state index in [9.17, 15) is 23.6 Å². The lowest BCUT2D eigenvalue weighted by Crippen LogP contribution is -2.28. The molecule has 0 aliphatic heterocycles. The van der Waals surface area contributed by atoms with Crippen LogP contribution in [0.4, 0.5) is 5.69 Å². The second-order valence-electron chi connectivity index (χ2n) is 5.13. The number of aliphatic hydroxyl groups is 1. The predicted octanol–water partition coefficient (Wildman–Crippen LogP) is 3.35. The van der Waals surface area contributed by atoms with Crippen molar-refractivity contribution in [1.82, 2.24) is 0 Å². The van der Waals surface area contributed by atoms with Gasteiger partial charge in [0.15, 0.2) is 9.84 Å². The third kappa shape index (κ3) is 2.78. The molecule has 0 saturated carbocycles. The third-order valence-electron chi connectivity index (χ3n) is 2.65. The molecule has 0 heterocycles. The number of nitro groups is 1. The monoisotopic (exact) mass is 319 g/mol. The smallest absolute Gasteiger partial charge is 0.289 e. The Morgan fingerprint density at radius 3 is 2.25 bits per heavy atom. The van der Waals surface area contributed by atoms with Crippen LogP contribution in [0, 0.1) is 10.1 Å². The van der Waals surface area contributed by atoms with Gasteiger partial charge in [0.2, 0.25) is 0 Å². The zero-order chi connectivity index (χ0) is 15.9. The van der Waals surface area contributed by atoms with Gasteiger partial charge in [0.05, 0.1) is 14.6 Å². The third-order valence-corrected chi connectivity index (χ3v) is 5.67. The largest absolute Gasteiger partial charge is 0.508 e. The normalized spacial score (nSPS) is 12.2. The molecule has 6 nitrogen and oxygen atoms in total. The number of sulfone groups is 1. The van der Waals surface area contributed by atoms with Crippen molar-refractivity contribution >= 4 is 32.9 Å². The second-order valence-corrected chi connectivity index (χ2v) is 8.18. The Balaban J connectivity index is 3.81. The lowest BCUT2D eigenvalue weighted by molar-refractivity contribution is -0.384. The molecule has 1 aromatic rings. The van der Waals surface area contributed by atoms with Gasteiger partial charge in [0, 0.05) is 11.6 Å². The summed E-state index contributed by atoms with van der Waals surface area (Å²) in [4.78, 5) is 9.73. The lowest BCUT2D eigenvalue weighted by Gasteiger charge is -2.20. The Labute approximate surface area is 121 Å². The van der Waals surface area contributed by atoms with Crippen LogP contribution in [-0.2, 0) is 9.84 Å². The molecule has 1 N–H and O–H groups in total.